The minimum absolute atomic E-state index is 0.316. The zero-order valence-corrected chi connectivity index (χ0v) is 13.1. The van der Waals surface area contributed by atoms with Gasteiger partial charge in [0.1, 0.15) is 0 Å². The molecule has 0 bridgehead atoms. The molecule has 2 N–H and O–H groups in total. The van der Waals surface area contributed by atoms with Crippen molar-refractivity contribution in [2.75, 3.05) is 33.4 Å². The van der Waals surface area contributed by atoms with Crippen molar-refractivity contribution in [3.8, 4) is 0 Å². The molecule has 1 aromatic rings. The first-order chi connectivity index (χ1) is 9.60. The van der Waals surface area contributed by atoms with Crippen LogP contribution in [0.25, 0.3) is 0 Å². The van der Waals surface area contributed by atoms with E-state index in [9.17, 15) is 0 Å². The van der Waals surface area contributed by atoms with Crippen molar-refractivity contribution in [1.82, 2.24) is 4.90 Å². The second kappa shape index (κ2) is 7.21. The Bertz CT molecular complexity index is 407. The number of ether oxygens (including phenoxy) is 1. The lowest BCUT2D eigenvalue weighted by molar-refractivity contribution is 0.0507. The number of hydrogen-bond acceptors (Lipinski definition) is 3. The van der Waals surface area contributed by atoms with E-state index in [0.717, 1.165) is 25.7 Å². The molecule has 1 aromatic carbocycles. The quantitative estimate of drug-likeness (QED) is 0.898. The van der Waals surface area contributed by atoms with E-state index in [1.165, 1.54) is 29.5 Å². The summed E-state index contributed by atoms with van der Waals surface area (Å²) in [6, 6.07) is 7.07. The monoisotopic (exact) mass is 276 g/mol. The van der Waals surface area contributed by atoms with Gasteiger partial charge < -0.3 is 10.5 Å². The van der Waals surface area contributed by atoms with Crippen LogP contribution in [0.5, 0.6) is 0 Å². The Morgan fingerprint density at radius 1 is 1.20 bits per heavy atom. The molecule has 1 aliphatic rings. The third kappa shape index (κ3) is 4.05. The maximum Gasteiger partial charge on any atom is 0.0469 e. The molecule has 0 aliphatic carbocycles. The standard InChI is InChI=1S/C17H28N2O/c1-13-8-14(2)10-16(9-13)17(11-18)19(3)12-15-4-6-20-7-5-15/h8-10,15,17H,4-7,11-12,18H2,1-3H3. The summed E-state index contributed by atoms with van der Waals surface area (Å²) in [6.07, 6.45) is 2.35. The van der Waals surface area contributed by atoms with Crippen LogP contribution in [0.1, 0.15) is 35.6 Å². The van der Waals surface area contributed by atoms with Gasteiger partial charge in [0.2, 0.25) is 0 Å². The Kier molecular flexibility index (Phi) is 5.58. The van der Waals surface area contributed by atoms with Crippen molar-refractivity contribution in [1.29, 1.82) is 0 Å². The molecule has 0 spiro atoms. The van der Waals surface area contributed by atoms with Crippen LogP contribution in [0.3, 0.4) is 0 Å². The molecule has 20 heavy (non-hydrogen) atoms. The summed E-state index contributed by atoms with van der Waals surface area (Å²) >= 11 is 0. The normalized spacial score (nSPS) is 18.4. The van der Waals surface area contributed by atoms with E-state index in [0.29, 0.717) is 12.6 Å². The van der Waals surface area contributed by atoms with E-state index in [1.54, 1.807) is 0 Å². The summed E-state index contributed by atoms with van der Waals surface area (Å²) in [5, 5.41) is 0. The van der Waals surface area contributed by atoms with E-state index in [4.69, 9.17) is 10.5 Å². The van der Waals surface area contributed by atoms with Crippen LogP contribution >= 0.6 is 0 Å². The summed E-state index contributed by atoms with van der Waals surface area (Å²) in [6.45, 7) is 7.91. The predicted octanol–water partition coefficient (Wildman–Crippen LogP) is 2.66. The predicted molar refractivity (Wildman–Crippen MR) is 83.9 cm³/mol. The third-order valence-corrected chi connectivity index (χ3v) is 4.27. The van der Waals surface area contributed by atoms with Gasteiger partial charge in [0.25, 0.3) is 0 Å². The number of aryl methyl sites for hydroxylation is 2. The molecule has 3 heteroatoms. The van der Waals surface area contributed by atoms with Gasteiger partial charge in [0.15, 0.2) is 0 Å². The molecule has 1 heterocycles. The number of hydrogen-bond donors (Lipinski definition) is 1. The van der Waals surface area contributed by atoms with Crippen molar-refractivity contribution >= 4 is 0 Å². The molecular formula is C17H28N2O. The van der Waals surface area contributed by atoms with Gasteiger partial charge in [-0.1, -0.05) is 29.3 Å². The molecule has 1 unspecified atom stereocenters. The lowest BCUT2D eigenvalue weighted by atomic mass is 9.96. The van der Waals surface area contributed by atoms with E-state index >= 15 is 0 Å². The first-order valence-electron chi connectivity index (χ1n) is 7.66. The molecule has 1 saturated heterocycles. The summed E-state index contributed by atoms with van der Waals surface area (Å²) in [5.74, 6) is 0.744. The van der Waals surface area contributed by atoms with Crippen molar-refractivity contribution in [2.45, 2.75) is 32.7 Å². The van der Waals surface area contributed by atoms with Crippen LogP contribution in [0.15, 0.2) is 18.2 Å². The molecule has 112 valence electrons. The van der Waals surface area contributed by atoms with Crippen molar-refractivity contribution in [2.24, 2.45) is 11.7 Å². The number of likely N-dealkylation sites (N-methyl/N-ethyl adjacent to an activating group) is 1. The van der Waals surface area contributed by atoms with Crippen LogP contribution < -0.4 is 5.73 Å². The van der Waals surface area contributed by atoms with Gasteiger partial charge in [-0.25, -0.2) is 0 Å². The van der Waals surface area contributed by atoms with Crippen LogP contribution in [-0.4, -0.2) is 38.3 Å². The Hall–Kier alpha value is -0.900. The maximum atomic E-state index is 6.04. The zero-order chi connectivity index (χ0) is 14.5. The van der Waals surface area contributed by atoms with Crippen molar-refractivity contribution in [3.63, 3.8) is 0 Å². The molecule has 2 rings (SSSR count). The highest BCUT2D eigenvalue weighted by molar-refractivity contribution is 5.31. The fourth-order valence-corrected chi connectivity index (χ4v) is 3.24. The minimum atomic E-state index is 0.316. The van der Waals surface area contributed by atoms with Crippen molar-refractivity contribution < 1.29 is 4.74 Å². The number of nitrogens with zero attached hydrogens (tertiary/aromatic N) is 1. The molecular weight excluding hydrogens is 248 g/mol. The van der Waals surface area contributed by atoms with Crippen molar-refractivity contribution in [3.05, 3.63) is 34.9 Å². The van der Waals surface area contributed by atoms with Gasteiger partial charge in [-0.15, -0.1) is 0 Å². The molecule has 0 amide bonds. The molecule has 1 aliphatic heterocycles. The highest BCUT2D eigenvalue weighted by atomic mass is 16.5. The molecule has 0 radical (unpaired) electrons. The van der Waals surface area contributed by atoms with Crippen LogP contribution in [0.2, 0.25) is 0 Å². The van der Waals surface area contributed by atoms with Crippen LogP contribution in [0, 0.1) is 19.8 Å². The highest BCUT2D eigenvalue weighted by Gasteiger charge is 2.21. The third-order valence-electron chi connectivity index (χ3n) is 4.27. The van der Waals surface area contributed by atoms with E-state index in [1.807, 2.05) is 0 Å². The fourth-order valence-electron chi connectivity index (χ4n) is 3.24. The first kappa shape index (κ1) is 15.5. The Morgan fingerprint density at radius 2 is 1.80 bits per heavy atom. The molecule has 3 nitrogen and oxygen atoms in total. The van der Waals surface area contributed by atoms with Crippen LogP contribution in [0.4, 0.5) is 0 Å². The SMILES string of the molecule is Cc1cc(C)cc(C(CN)N(C)CC2CCOCC2)c1. The smallest absolute Gasteiger partial charge is 0.0469 e. The van der Waals surface area contributed by atoms with Gasteiger partial charge in [-0.2, -0.15) is 0 Å². The summed E-state index contributed by atoms with van der Waals surface area (Å²) in [4.78, 5) is 2.42. The van der Waals surface area contributed by atoms with E-state index in [2.05, 4.69) is 44.0 Å². The first-order valence-corrected chi connectivity index (χ1v) is 7.66. The largest absolute Gasteiger partial charge is 0.381 e. The number of rotatable bonds is 5. The Morgan fingerprint density at radius 3 is 2.35 bits per heavy atom. The summed E-state index contributed by atoms with van der Waals surface area (Å²) in [5.41, 5.74) is 10.0. The van der Waals surface area contributed by atoms with Gasteiger partial charge in [0.05, 0.1) is 0 Å². The topological polar surface area (TPSA) is 38.5 Å². The highest BCUT2D eigenvalue weighted by Crippen LogP contribution is 2.24. The second-order valence-corrected chi connectivity index (χ2v) is 6.17. The van der Waals surface area contributed by atoms with Gasteiger partial charge >= 0.3 is 0 Å². The van der Waals surface area contributed by atoms with Crippen LogP contribution in [-0.2, 0) is 4.74 Å². The van der Waals surface area contributed by atoms with Gasteiger partial charge in [-0.3, -0.25) is 4.90 Å². The molecule has 0 aromatic heterocycles. The average molecular weight is 276 g/mol. The minimum Gasteiger partial charge on any atom is -0.381 e. The van der Waals surface area contributed by atoms with E-state index < -0.39 is 0 Å². The molecule has 1 atom stereocenters. The van der Waals surface area contributed by atoms with E-state index in [-0.39, 0.29) is 0 Å². The Labute approximate surface area is 123 Å². The maximum absolute atomic E-state index is 6.04. The molecule has 0 saturated carbocycles. The lowest BCUT2D eigenvalue weighted by Gasteiger charge is -2.32. The zero-order valence-electron chi connectivity index (χ0n) is 13.1. The Balaban J connectivity index is 2.05. The van der Waals surface area contributed by atoms with Gasteiger partial charge in [0, 0.05) is 32.3 Å². The second-order valence-electron chi connectivity index (χ2n) is 6.17. The average Bonchev–Trinajstić information content (AvgIpc) is 2.39. The molecule has 1 fully saturated rings. The number of nitrogens with two attached hydrogens (primary N) is 1. The van der Waals surface area contributed by atoms with Gasteiger partial charge in [-0.05, 0) is 45.2 Å². The number of benzene rings is 1. The lowest BCUT2D eigenvalue weighted by Crippen LogP contribution is -2.36. The summed E-state index contributed by atoms with van der Waals surface area (Å²) in [7, 11) is 2.20. The summed E-state index contributed by atoms with van der Waals surface area (Å²) < 4.78 is 5.44. The fraction of sp³-hybridized carbons (Fsp3) is 0.647.